The molecule has 2 amide bonds. The zero-order valence-corrected chi connectivity index (χ0v) is 21.3. The Morgan fingerprint density at radius 1 is 1.00 bits per heavy atom. The van der Waals surface area contributed by atoms with Crippen molar-refractivity contribution in [3.63, 3.8) is 0 Å². The van der Waals surface area contributed by atoms with Gasteiger partial charge in [-0.05, 0) is 61.1 Å². The molecule has 0 radical (unpaired) electrons. The van der Waals surface area contributed by atoms with Gasteiger partial charge >= 0.3 is 0 Å². The number of anilines is 2. The van der Waals surface area contributed by atoms with Crippen LogP contribution in [0.5, 0.6) is 0 Å². The van der Waals surface area contributed by atoms with E-state index in [-0.39, 0.29) is 11.5 Å². The van der Waals surface area contributed by atoms with Crippen molar-refractivity contribution in [2.75, 3.05) is 10.2 Å². The van der Waals surface area contributed by atoms with Crippen molar-refractivity contribution in [3.05, 3.63) is 106 Å². The Morgan fingerprint density at radius 2 is 1.67 bits per heavy atom. The van der Waals surface area contributed by atoms with Crippen molar-refractivity contribution >= 4 is 35.0 Å². The molecule has 0 bridgehead atoms. The van der Waals surface area contributed by atoms with Gasteiger partial charge in [-0.1, -0.05) is 85.8 Å². The molecular weight excluding hydrogens is 466 g/mol. The number of unbranched alkanes of at least 4 members (excludes halogenated alkanes) is 1. The van der Waals surface area contributed by atoms with Crippen LogP contribution in [0.25, 0.3) is 0 Å². The highest BCUT2D eigenvalue weighted by Gasteiger charge is 2.41. The third kappa shape index (κ3) is 5.69. The summed E-state index contributed by atoms with van der Waals surface area (Å²) in [4.78, 5) is 28.4. The molecule has 1 N–H and O–H groups in total. The number of thioether (sulfide) groups is 1. The first kappa shape index (κ1) is 25.3. The first-order valence-electron chi connectivity index (χ1n) is 12.2. The van der Waals surface area contributed by atoms with Gasteiger partial charge in [-0.25, -0.2) is 0 Å². The average Bonchev–Trinajstić information content (AvgIpc) is 3.20. The molecule has 1 fully saturated rings. The minimum atomic E-state index is -0.529. The smallest absolute Gasteiger partial charge is 0.269 e. The Kier molecular flexibility index (Phi) is 8.24. The average molecular weight is 496 g/mol. The number of para-hydroxylation sites is 2. The van der Waals surface area contributed by atoms with E-state index in [0.717, 1.165) is 30.4 Å². The van der Waals surface area contributed by atoms with Crippen LogP contribution in [-0.2, 0) is 22.4 Å². The summed E-state index contributed by atoms with van der Waals surface area (Å²) < 4.78 is 0. The van der Waals surface area contributed by atoms with E-state index < -0.39 is 11.2 Å². The van der Waals surface area contributed by atoms with Gasteiger partial charge in [-0.3, -0.25) is 14.5 Å². The monoisotopic (exact) mass is 495 g/mol. The largest absolute Gasteiger partial charge is 0.321 e. The third-order valence-electron chi connectivity index (χ3n) is 6.16. The zero-order chi connectivity index (χ0) is 25.5. The summed E-state index contributed by atoms with van der Waals surface area (Å²) in [7, 11) is 0. The lowest BCUT2D eigenvalue weighted by Crippen LogP contribution is -2.31. The number of nitriles is 1. The minimum Gasteiger partial charge on any atom is -0.321 e. The molecule has 0 saturated carbocycles. The lowest BCUT2D eigenvalue weighted by molar-refractivity contribution is -0.117. The molecule has 0 spiro atoms. The number of hydrogen-bond acceptors (Lipinski definition) is 4. The van der Waals surface area contributed by atoms with Crippen LogP contribution in [0.15, 0.2) is 89.5 Å². The van der Waals surface area contributed by atoms with E-state index in [9.17, 15) is 14.9 Å². The second-order valence-electron chi connectivity index (χ2n) is 8.80. The summed E-state index contributed by atoms with van der Waals surface area (Å²) in [6.45, 7) is 4.10. The van der Waals surface area contributed by atoms with Gasteiger partial charge in [-0.2, -0.15) is 5.26 Å². The van der Waals surface area contributed by atoms with Crippen LogP contribution in [0.4, 0.5) is 11.4 Å². The Morgan fingerprint density at radius 3 is 2.33 bits per heavy atom. The highest BCUT2D eigenvalue weighted by molar-refractivity contribution is 8.05. The molecule has 1 aliphatic heterocycles. The van der Waals surface area contributed by atoms with E-state index in [2.05, 4.69) is 42.6 Å². The maximum Gasteiger partial charge on any atom is 0.269 e. The number of carbonyl (C=O) groups is 2. The first-order valence-corrected chi connectivity index (χ1v) is 13.0. The molecule has 182 valence electrons. The predicted octanol–water partition coefficient (Wildman–Crippen LogP) is 6.40. The normalized spacial score (nSPS) is 16.5. The lowest BCUT2D eigenvalue weighted by Gasteiger charge is -2.20. The van der Waals surface area contributed by atoms with Gasteiger partial charge in [0, 0.05) is 5.69 Å². The van der Waals surface area contributed by atoms with Crippen molar-refractivity contribution in [2.24, 2.45) is 0 Å². The fourth-order valence-corrected chi connectivity index (χ4v) is 5.47. The van der Waals surface area contributed by atoms with E-state index in [0.29, 0.717) is 22.8 Å². The number of hydrogen-bond donors (Lipinski definition) is 1. The molecule has 3 aromatic rings. The van der Waals surface area contributed by atoms with Crippen molar-refractivity contribution in [3.8, 4) is 6.07 Å². The minimum absolute atomic E-state index is 0.0714. The topological polar surface area (TPSA) is 73.2 Å². The standard InChI is InChI=1S/C30H29N3O2S/c1-3-4-11-22-15-17-23(18-16-22)19-27-29(35)33(26-14-9-8-10-21(26)2)30(36-27)25(20-31)28(34)32-24-12-6-5-7-13-24/h5-10,12-18,27H,3-4,11,19H2,1-2H3,(H,32,34)/b30-25-/t27-/m0/s1. The molecule has 1 saturated heterocycles. The molecule has 1 aliphatic rings. The van der Waals surface area contributed by atoms with Crippen LogP contribution in [0.2, 0.25) is 0 Å². The van der Waals surface area contributed by atoms with Gasteiger partial charge in [0.2, 0.25) is 5.91 Å². The second-order valence-corrected chi connectivity index (χ2v) is 9.99. The highest BCUT2D eigenvalue weighted by atomic mass is 32.2. The second kappa shape index (κ2) is 11.7. The molecule has 5 nitrogen and oxygen atoms in total. The van der Waals surface area contributed by atoms with Crippen LogP contribution >= 0.6 is 11.8 Å². The molecule has 6 heteroatoms. The van der Waals surface area contributed by atoms with Gasteiger partial charge in [0.05, 0.1) is 10.9 Å². The fraction of sp³-hybridized carbons (Fsp3) is 0.233. The molecule has 1 atom stereocenters. The third-order valence-corrected chi connectivity index (χ3v) is 7.42. The van der Waals surface area contributed by atoms with Crippen molar-refractivity contribution in [1.82, 2.24) is 0 Å². The first-order chi connectivity index (χ1) is 17.5. The highest BCUT2D eigenvalue weighted by Crippen LogP contribution is 2.43. The number of nitrogens with one attached hydrogen (secondary N) is 1. The number of benzene rings is 3. The molecule has 1 heterocycles. The Bertz CT molecular complexity index is 1310. The van der Waals surface area contributed by atoms with Gasteiger partial charge in [-0.15, -0.1) is 0 Å². The van der Waals surface area contributed by atoms with Gasteiger partial charge in [0.1, 0.15) is 16.7 Å². The van der Waals surface area contributed by atoms with E-state index in [1.165, 1.54) is 17.3 Å². The van der Waals surface area contributed by atoms with E-state index >= 15 is 0 Å². The molecule has 0 aromatic heterocycles. The number of aryl methyl sites for hydroxylation is 2. The number of rotatable bonds is 8. The maximum atomic E-state index is 13.7. The van der Waals surface area contributed by atoms with Crippen molar-refractivity contribution < 1.29 is 9.59 Å². The van der Waals surface area contributed by atoms with E-state index in [1.54, 1.807) is 17.0 Å². The summed E-state index contributed by atoms with van der Waals surface area (Å²) in [6, 6.07) is 27.0. The Balaban J connectivity index is 1.67. The molecule has 4 rings (SSSR count). The number of carbonyl (C=O) groups excluding carboxylic acids is 2. The number of nitrogens with zero attached hydrogens (tertiary/aromatic N) is 2. The molecule has 0 unspecified atom stereocenters. The van der Waals surface area contributed by atoms with Crippen LogP contribution in [0.1, 0.15) is 36.5 Å². The zero-order valence-electron chi connectivity index (χ0n) is 20.5. The Hall–Kier alpha value is -3.82. The SMILES string of the molecule is CCCCc1ccc(C[C@@H]2S/C(=C(/C#N)C(=O)Nc3ccccc3)N(c3ccccc3C)C2=O)cc1. The van der Waals surface area contributed by atoms with Crippen LogP contribution in [0.3, 0.4) is 0 Å². The lowest BCUT2D eigenvalue weighted by atomic mass is 10.0. The quantitative estimate of drug-likeness (QED) is 0.290. The van der Waals surface area contributed by atoms with Crippen molar-refractivity contribution in [2.45, 2.75) is 44.8 Å². The summed E-state index contributed by atoms with van der Waals surface area (Å²) in [6.07, 6.45) is 3.86. The van der Waals surface area contributed by atoms with Crippen molar-refractivity contribution in [1.29, 1.82) is 5.26 Å². The van der Waals surface area contributed by atoms with Gasteiger partial charge < -0.3 is 5.32 Å². The van der Waals surface area contributed by atoms with Gasteiger partial charge in [0.25, 0.3) is 5.91 Å². The van der Waals surface area contributed by atoms with E-state index in [4.69, 9.17) is 0 Å². The van der Waals surface area contributed by atoms with Crippen LogP contribution in [0, 0.1) is 18.3 Å². The van der Waals surface area contributed by atoms with Crippen LogP contribution < -0.4 is 10.2 Å². The molecule has 36 heavy (non-hydrogen) atoms. The molecule has 0 aliphatic carbocycles. The summed E-state index contributed by atoms with van der Waals surface area (Å²) >= 11 is 1.29. The molecular formula is C30H29N3O2S. The van der Waals surface area contributed by atoms with Gasteiger partial charge in [0.15, 0.2) is 0 Å². The van der Waals surface area contributed by atoms with E-state index in [1.807, 2.05) is 49.4 Å². The molecule has 3 aromatic carbocycles. The Labute approximate surface area is 216 Å². The fourth-order valence-electron chi connectivity index (χ4n) is 4.17. The summed E-state index contributed by atoms with van der Waals surface area (Å²) in [5, 5.41) is 12.7. The number of amides is 2. The maximum absolute atomic E-state index is 13.7. The summed E-state index contributed by atoms with van der Waals surface area (Å²) in [5.41, 5.74) is 4.44. The van der Waals surface area contributed by atoms with Crippen LogP contribution in [-0.4, -0.2) is 17.1 Å². The predicted molar refractivity (Wildman–Crippen MR) is 147 cm³/mol. The summed E-state index contributed by atoms with van der Waals surface area (Å²) in [5.74, 6) is -0.655.